The van der Waals surface area contributed by atoms with Gasteiger partial charge in [0, 0.05) is 31.0 Å². The van der Waals surface area contributed by atoms with Gasteiger partial charge in [-0.2, -0.15) is 0 Å². The molecule has 1 unspecified atom stereocenters. The van der Waals surface area contributed by atoms with Crippen molar-refractivity contribution in [3.63, 3.8) is 0 Å². The van der Waals surface area contributed by atoms with Crippen LogP contribution in [0.25, 0.3) is 0 Å². The highest BCUT2D eigenvalue weighted by atomic mass is 16.5. The monoisotopic (exact) mass is 262 g/mol. The molecule has 0 amide bonds. The van der Waals surface area contributed by atoms with Gasteiger partial charge >= 0.3 is 0 Å². The van der Waals surface area contributed by atoms with Crippen molar-refractivity contribution in [2.24, 2.45) is 0 Å². The van der Waals surface area contributed by atoms with E-state index in [0.29, 0.717) is 6.04 Å². The number of methoxy groups -OCH3 is 1. The molecule has 1 aromatic rings. The number of pyridine rings is 1. The molecule has 2 aliphatic rings. The van der Waals surface area contributed by atoms with Crippen LogP contribution in [0.5, 0.6) is 5.88 Å². The SMILES string of the molecule is COc1ncccc1CNC1CCOC2(CCC2)C1. The first-order chi connectivity index (χ1) is 9.31. The van der Waals surface area contributed by atoms with Crippen LogP contribution < -0.4 is 10.1 Å². The quantitative estimate of drug-likeness (QED) is 0.904. The zero-order valence-corrected chi connectivity index (χ0v) is 11.5. The van der Waals surface area contributed by atoms with Gasteiger partial charge in [0.15, 0.2) is 0 Å². The summed E-state index contributed by atoms with van der Waals surface area (Å²) in [6.07, 6.45) is 7.81. The molecule has 1 aliphatic heterocycles. The van der Waals surface area contributed by atoms with Crippen LogP contribution in [0.3, 0.4) is 0 Å². The number of rotatable bonds is 4. The van der Waals surface area contributed by atoms with Gasteiger partial charge in [-0.05, 0) is 38.2 Å². The highest BCUT2D eigenvalue weighted by molar-refractivity contribution is 5.25. The van der Waals surface area contributed by atoms with E-state index >= 15 is 0 Å². The molecule has 0 radical (unpaired) electrons. The summed E-state index contributed by atoms with van der Waals surface area (Å²) >= 11 is 0. The normalized spacial score (nSPS) is 25.0. The molecule has 19 heavy (non-hydrogen) atoms. The van der Waals surface area contributed by atoms with Crippen molar-refractivity contribution in [2.75, 3.05) is 13.7 Å². The lowest BCUT2D eigenvalue weighted by atomic mass is 9.74. The zero-order chi connectivity index (χ0) is 13.1. The molecule has 3 rings (SSSR count). The van der Waals surface area contributed by atoms with E-state index in [-0.39, 0.29) is 5.60 Å². The topological polar surface area (TPSA) is 43.4 Å². The second-order valence-corrected chi connectivity index (χ2v) is 5.63. The lowest BCUT2D eigenvalue weighted by molar-refractivity contribution is -0.135. The summed E-state index contributed by atoms with van der Waals surface area (Å²) in [4.78, 5) is 4.23. The van der Waals surface area contributed by atoms with Crippen LogP contribution in [0.4, 0.5) is 0 Å². The molecule has 4 nitrogen and oxygen atoms in total. The molecule has 1 aromatic heterocycles. The molecule has 1 spiro atoms. The molecule has 2 fully saturated rings. The van der Waals surface area contributed by atoms with Crippen molar-refractivity contribution < 1.29 is 9.47 Å². The predicted octanol–water partition coefficient (Wildman–Crippen LogP) is 2.28. The molecule has 2 heterocycles. The Hall–Kier alpha value is -1.13. The summed E-state index contributed by atoms with van der Waals surface area (Å²) in [6.45, 7) is 1.71. The summed E-state index contributed by atoms with van der Waals surface area (Å²) < 4.78 is 11.2. The van der Waals surface area contributed by atoms with Crippen LogP contribution in [0.1, 0.15) is 37.7 Å². The van der Waals surface area contributed by atoms with Gasteiger partial charge in [-0.25, -0.2) is 4.98 Å². The van der Waals surface area contributed by atoms with Crippen LogP contribution in [0.15, 0.2) is 18.3 Å². The van der Waals surface area contributed by atoms with Crippen LogP contribution in [-0.2, 0) is 11.3 Å². The van der Waals surface area contributed by atoms with Gasteiger partial charge in [-0.1, -0.05) is 6.07 Å². The van der Waals surface area contributed by atoms with Gasteiger partial charge in [0.2, 0.25) is 5.88 Å². The fourth-order valence-electron chi connectivity index (χ4n) is 3.12. The Kier molecular flexibility index (Phi) is 3.71. The number of nitrogens with zero attached hydrogens (tertiary/aromatic N) is 1. The highest BCUT2D eigenvalue weighted by Gasteiger charge is 2.42. The first-order valence-corrected chi connectivity index (χ1v) is 7.17. The van der Waals surface area contributed by atoms with Crippen molar-refractivity contribution in [1.82, 2.24) is 10.3 Å². The van der Waals surface area contributed by atoms with Gasteiger partial charge in [-0.3, -0.25) is 0 Å². The molecule has 0 bridgehead atoms. The van der Waals surface area contributed by atoms with Gasteiger partial charge in [0.05, 0.1) is 12.7 Å². The van der Waals surface area contributed by atoms with Crippen LogP contribution >= 0.6 is 0 Å². The van der Waals surface area contributed by atoms with Crippen molar-refractivity contribution in [1.29, 1.82) is 0 Å². The van der Waals surface area contributed by atoms with E-state index in [0.717, 1.165) is 37.4 Å². The molecule has 4 heteroatoms. The minimum Gasteiger partial charge on any atom is -0.481 e. The van der Waals surface area contributed by atoms with Crippen molar-refractivity contribution >= 4 is 0 Å². The van der Waals surface area contributed by atoms with E-state index in [9.17, 15) is 0 Å². The van der Waals surface area contributed by atoms with Gasteiger partial charge < -0.3 is 14.8 Å². The fourth-order valence-corrected chi connectivity index (χ4v) is 3.12. The van der Waals surface area contributed by atoms with Crippen molar-refractivity contribution in [3.8, 4) is 5.88 Å². The largest absolute Gasteiger partial charge is 0.481 e. The first-order valence-electron chi connectivity index (χ1n) is 7.17. The minimum atomic E-state index is 0.203. The summed E-state index contributed by atoms with van der Waals surface area (Å²) in [5, 5.41) is 3.64. The lowest BCUT2D eigenvalue weighted by Gasteiger charge is -2.47. The third-order valence-electron chi connectivity index (χ3n) is 4.38. The summed E-state index contributed by atoms with van der Waals surface area (Å²) in [7, 11) is 1.67. The van der Waals surface area contributed by atoms with E-state index in [1.165, 1.54) is 19.3 Å². The number of ether oxygens (including phenoxy) is 2. The Morgan fingerprint density at radius 2 is 2.42 bits per heavy atom. The predicted molar refractivity (Wildman–Crippen MR) is 73.2 cm³/mol. The fraction of sp³-hybridized carbons (Fsp3) is 0.667. The second-order valence-electron chi connectivity index (χ2n) is 5.63. The highest BCUT2D eigenvalue weighted by Crippen LogP contribution is 2.42. The van der Waals surface area contributed by atoms with E-state index in [2.05, 4.69) is 16.4 Å². The zero-order valence-electron chi connectivity index (χ0n) is 11.5. The third-order valence-corrected chi connectivity index (χ3v) is 4.38. The van der Waals surface area contributed by atoms with Crippen LogP contribution in [0, 0.1) is 0 Å². The number of nitrogens with one attached hydrogen (secondary N) is 1. The standard InChI is InChI=1S/C15H22N2O2/c1-18-14-12(4-2-8-16-14)11-17-13-5-9-19-15(10-13)6-3-7-15/h2,4,8,13,17H,3,5-7,9-11H2,1H3. The van der Waals surface area contributed by atoms with Gasteiger partial charge in [-0.15, -0.1) is 0 Å². The van der Waals surface area contributed by atoms with Crippen molar-refractivity contribution in [2.45, 2.75) is 50.3 Å². The average Bonchev–Trinajstić information content (AvgIpc) is 2.44. The maximum atomic E-state index is 5.95. The van der Waals surface area contributed by atoms with Gasteiger partial charge in [0.1, 0.15) is 0 Å². The summed E-state index contributed by atoms with van der Waals surface area (Å²) in [6, 6.07) is 4.58. The third kappa shape index (κ3) is 2.74. The molecule has 1 saturated carbocycles. The minimum absolute atomic E-state index is 0.203. The number of hydrogen-bond donors (Lipinski definition) is 1. The summed E-state index contributed by atoms with van der Waals surface area (Å²) in [5.41, 5.74) is 1.33. The van der Waals surface area contributed by atoms with E-state index in [1.807, 2.05) is 6.07 Å². The van der Waals surface area contributed by atoms with E-state index in [4.69, 9.17) is 9.47 Å². The van der Waals surface area contributed by atoms with E-state index in [1.54, 1.807) is 13.3 Å². The Morgan fingerprint density at radius 1 is 1.53 bits per heavy atom. The Morgan fingerprint density at radius 3 is 3.16 bits per heavy atom. The first kappa shape index (κ1) is 12.9. The molecule has 0 aromatic carbocycles. The van der Waals surface area contributed by atoms with Crippen LogP contribution in [-0.4, -0.2) is 30.3 Å². The van der Waals surface area contributed by atoms with Gasteiger partial charge in [0.25, 0.3) is 0 Å². The molecular weight excluding hydrogens is 240 g/mol. The van der Waals surface area contributed by atoms with Crippen molar-refractivity contribution in [3.05, 3.63) is 23.9 Å². The molecule has 104 valence electrons. The lowest BCUT2D eigenvalue weighted by Crippen LogP contribution is -2.50. The maximum absolute atomic E-state index is 5.95. The Balaban J connectivity index is 1.57. The van der Waals surface area contributed by atoms with Crippen LogP contribution in [0.2, 0.25) is 0 Å². The molecule has 1 aliphatic carbocycles. The summed E-state index contributed by atoms with van der Waals surface area (Å²) in [5.74, 6) is 0.723. The maximum Gasteiger partial charge on any atom is 0.217 e. The molecule has 1 atom stereocenters. The molecule has 1 N–H and O–H groups in total. The smallest absolute Gasteiger partial charge is 0.217 e. The molecular formula is C15H22N2O2. The Bertz CT molecular complexity index is 432. The van der Waals surface area contributed by atoms with E-state index < -0.39 is 0 Å². The Labute approximate surface area is 114 Å². The number of aromatic nitrogens is 1. The molecule has 1 saturated heterocycles. The second kappa shape index (κ2) is 5.47. The number of hydrogen-bond acceptors (Lipinski definition) is 4. The average molecular weight is 262 g/mol.